The summed E-state index contributed by atoms with van der Waals surface area (Å²) in [5.41, 5.74) is 2.10. The minimum absolute atomic E-state index is 0.108. The van der Waals surface area contributed by atoms with Crippen molar-refractivity contribution in [2.24, 2.45) is 5.84 Å². The molecule has 0 rings (SSSR count). The van der Waals surface area contributed by atoms with Crippen LogP contribution in [0, 0.1) is 0 Å². The van der Waals surface area contributed by atoms with Crippen molar-refractivity contribution in [2.75, 3.05) is 6.61 Å². The highest BCUT2D eigenvalue weighted by Crippen LogP contribution is 2.00. The van der Waals surface area contributed by atoms with Crippen molar-refractivity contribution in [1.82, 2.24) is 5.43 Å². The first-order chi connectivity index (χ1) is 6.20. The minimum atomic E-state index is -0.108. The van der Waals surface area contributed by atoms with Gasteiger partial charge in [0.25, 0.3) is 0 Å². The van der Waals surface area contributed by atoms with Crippen molar-refractivity contribution < 1.29 is 9.53 Å². The number of unbranched alkanes of at least 4 members (excludes halogenated alkanes) is 1. The third-order valence-corrected chi connectivity index (χ3v) is 1.94. The molecule has 0 aliphatic carbocycles. The Kier molecular flexibility index (Phi) is 7.63. The molecule has 0 radical (unpaired) electrons. The van der Waals surface area contributed by atoms with Crippen molar-refractivity contribution in [3.8, 4) is 0 Å². The average molecular weight is 188 g/mol. The Morgan fingerprint density at radius 3 is 2.77 bits per heavy atom. The summed E-state index contributed by atoms with van der Waals surface area (Å²) in [4.78, 5) is 10.7. The molecular weight excluding hydrogens is 168 g/mol. The Labute approximate surface area is 79.8 Å². The molecule has 0 aromatic carbocycles. The number of nitrogens with two attached hydrogens (primary N) is 1. The van der Waals surface area contributed by atoms with Gasteiger partial charge in [0.05, 0.1) is 6.10 Å². The van der Waals surface area contributed by atoms with Crippen LogP contribution in [0.15, 0.2) is 0 Å². The lowest BCUT2D eigenvalue weighted by atomic mass is 10.2. The monoisotopic (exact) mass is 188 g/mol. The molecule has 1 unspecified atom stereocenters. The fraction of sp³-hybridized carbons (Fsp3) is 0.889. The number of carbonyl (C=O) groups is 1. The largest absolute Gasteiger partial charge is 0.379 e. The van der Waals surface area contributed by atoms with Gasteiger partial charge in [-0.25, -0.2) is 5.84 Å². The topological polar surface area (TPSA) is 64.3 Å². The molecule has 0 saturated heterocycles. The van der Waals surface area contributed by atoms with Gasteiger partial charge in [0, 0.05) is 13.0 Å². The lowest BCUT2D eigenvalue weighted by molar-refractivity contribution is -0.121. The third kappa shape index (κ3) is 7.74. The normalized spacial score (nSPS) is 12.5. The van der Waals surface area contributed by atoms with E-state index in [1.807, 2.05) is 6.92 Å². The van der Waals surface area contributed by atoms with Crippen molar-refractivity contribution in [1.29, 1.82) is 0 Å². The summed E-state index contributed by atoms with van der Waals surface area (Å²) in [6, 6.07) is 0. The van der Waals surface area contributed by atoms with Crippen LogP contribution in [0.5, 0.6) is 0 Å². The molecule has 1 atom stereocenters. The van der Waals surface area contributed by atoms with Crippen LogP contribution in [-0.4, -0.2) is 18.6 Å². The van der Waals surface area contributed by atoms with Crippen LogP contribution in [0.4, 0.5) is 0 Å². The van der Waals surface area contributed by atoms with Crippen LogP contribution in [0.25, 0.3) is 0 Å². The van der Waals surface area contributed by atoms with E-state index in [0.717, 1.165) is 25.9 Å². The molecular formula is C9H20N2O2. The molecule has 3 N–H and O–H groups in total. The van der Waals surface area contributed by atoms with Gasteiger partial charge in [0.15, 0.2) is 0 Å². The molecule has 13 heavy (non-hydrogen) atoms. The summed E-state index contributed by atoms with van der Waals surface area (Å²) in [5.74, 6) is 4.82. The third-order valence-electron chi connectivity index (χ3n) is 1.94. The van der Waals surface area contributed by atoms with Gasteiger partial charge in [-0.1, -0.05) is 6.92 Å². The fourth-order valence-corrected chi connectivity index (χ4v) is 0.862. The van der Waals surface area contributed by atoms with Crippen molar-refractivity contribution in [3.05, 3.63) is 0 Å². The van der Waals surface area contributed by atoms with Gasteiger partial charge in [0.2, 0.25) is 5.91 Å². The smallest absolute Gasteiger partial charge is 0.233 e. The Bertz CT molecular complexity index is 140. The van der Waals surface area contributed by atoms with Crippen LogP contribution in [0.1, 0.15) is 39.5 Å². The minimum Gasteiger partial charge on any atom is -0.379 e. The molecule has 0 fully saturated rings. The van der Waals surface area contributed by atoms with E-state index in [1.165, 1.54) is 0 Å². The molecule has 0 spiro atoms. The van der Waals surface area contributed by atoms with E-state index in [2.05, 4.69) is 12.3 Å². The van der Waals surface area contributed by atoms with Crippen LogP contribution < -0.4 is 11.3 Å². The molecule has 1 amide bonds. The highest BCUT2D eigenvalue weighted by molar-refractivity contribution is 5.74. The molecule has 4 heteroatoms. The summed E-state index contributed by atoms with van der Waals surface area (Å²) in [6.45, 7) is 4.87. The van der Waals surface area contributed by atoms with Gasteiger partial charge in [-0.3, -0.25) is 10.2 Å². The Hall–Kier alpha value is -0.610. The summed E-state index contributed by atoms with van der Waals surface area (Å²) >= 11 is 0. The number of rotatable bonds is 7. The molecule has 0 heterocycles. The van der Waals surface area contributed by atoms with Gasteiger partial charge in [-0.15, -0.1) is 0 Å². The van der Waals surface area contributed by atoms with E-state index in [-0.39, 0.29) is 5.91 Å². The molecule has 0 aromatic heterocycles. The van der Waals surface area contributed by atoms with Gasteiger partial charge < -0.3 is 4.74 Å². The lowest BCUT2D eigenvalue weighted by Gasteiger charge is -2.09. The van der Waals surface area contributed by atoms with E-state index in [4.69, 9.17) is 10.6 Å². The van der Waals surface area contributed by atoms with E-state index in [0.29, 0.717) is 12.5 Å². The second-order valence-corrected chi connectivity index (χ2v) is 3.11. The first kappa shape index (κ1) is 12.4. The molecule has 78 valence electrons. The Balaban J connectivity index is 3.12. The second-order valence-electron chi connectivity index (χ2n) is 3.11. The van der Waals surface area contributed by atoms with Gasteiger partial charge >= 0.3 is 0 Å². The lowest BCUT2D eigenvalue weighted by Crippen LogP contribution is -2.29. The summed E-state index contributed by atoms with van der Waals surface area (Å²) in [6.07, 6.45) is 3.59. The summed E-state index contributed by atoms with van der Waals surface area (Å²) < 4.78 is 5.44. The van der Waals surface area contributed by atoms with Gasteiger partial charge in [0.1, 0.15) is 0 Å². The summed E-state index contributed by atoms with van der Waals surface area (Å²) in [7, 11) is 0. The first-order valence-corrected chi connectivity index (χ1v) is 4.81. The van der Waals surface area contributed by atoms with Crippen LogP contribution in [0.2, 0.25) is 0 Å². The zero-order valence-corrected chi connectivity index (χ0v) is 8.51. The van der Waals surface area contributed by atoms with Gasteiger partial charge in [-0.05, 0) is 26.2 Å². The van der Waals surface area contributed by atoms with E-state index >= 15 is 0 Å². The number of hydrogen-bond acceptors (Lipinski definition) is 3. The molecule has 0 aliphatic heterocycles. The zero-order valence-electron chi connectivity index (χ0n) is 8.51. The predicted octanol–water partition coefficient (Wildman–Crippen LogP) is 0.962. The number of carbonyl (C=O) groups excluding carboxylic acids is 1. The molecule has 0 aliphatic rings. The van der Waals surface area contributed by atoms with E-state index < -0.39 is 0 Å². The molecule has 4 nitrogen and oxygen atoms in total. The maximum absolute atomic E-state index is 10.7. The fourth-order valence-electron chi connectivity index (χ4n) is 0.862. The van der Waals surface area contributed by atoms with Crippen LogP contribution in [0.3, 0.4) is 0 Å². The van der Waals surface area contributed by atoms with E-state index in [1.54, 1.807) is 0 Å². The maximum Gasteiger partial charge on any atom is 0.233 e. The Morgan fingerprint density at radius 2 is 2.23 bits per heavy atom. The molecule has 0 bridgehead atoms. The Morgan fingerprint density at radius 1 is 1.54 bits per heavy atom. The standard InChI is InChI=1S/C9H20N2O2/c1-3-8(2)13-7-5-4-6-9(12)11-10/h8H,3-7,10H2,1-2H3,(H,11,12). The predicted molar refractivity (Wildman–Crippen MR) is 51.9 cm³/mol. The maximum atomic E-state index is 10.7. The molecule has 0 aromatic rings. The van der Waals surface area contributed by atoms with Gasteiger partial charge in [-0.2, -0.15) is 0 Å². The SMILES string of the molecule is CCC(C)OCCCCC(=O)NN. The quantitative estimate of drug-likeness (QED) is 0.271. The van der Waals surface area contributed by atoms with Crippen molar-refractivity contribution in [3.63, 3.8) is 0 Å². The highest BCUT2D eigenvalue weighted by atomic mass is 16.5. The zero-order chi connectivity index (χ0) is 10.1. The second kappa shape index (κ2) is 8.01. The van der Waals surface area contributed by atoms with Crippen LogP contribution >= 0.6 is 0 Å². The summed E-state index contributed by atoms with van der Waals surface area (Å²) in [5, 5.41) is 0. The first-order valence-electron chi connectivity index (χ1n) is 4.81. The average Bonchev–Trinajstić information content (AvgIpc) is 2.16. The van der Waals surface area contributed by atoms with E-state index in [9.17, 15) is 4.79 Å². The number of ether oxygens (including phenoxy) is 1. The van der Waals surface area contributed by atoms with Crippen molar-refractivity contribution >= 4 is 5.91 Å². The van der Waals surface area contributed by atoms with Crippen LogP contribution in [-0.2, 0) is 9.53 Å². The highest BCUT2D eigenvalue weighted by Gasteiger charge is 1.99. The number of amides is 1. The number of nitrogens with one attached hydrogen (secondary N) is 1. The number of hydrogen-bond donors (Lipinski definition) is 2. The molecule has 0 saturated carbocycles. The van der Waals surface area contributed by atoms with Crippen molar-refractivity contribution in [2.45, 2.75) is 45.6 Å². The number of hydrazine groups is 1.